The highest BCUT2D eigenvalue weighted by atomic mass is 32.2. The van der Waals surface area contributed by atoms with E-state index in [-0.39, 0.29) is 17.2 Å². The van der Waals surface area contributed by atoms with Crippen LogP contribution in [0.4, 0.5) is 0 Å². The second-order valence-electron chi connectivity index (χ2n) is 6.83. The van der Waals surface area contributed by atoms with Gasteiger partial charge < -0.3 is 0 Å². The van der Waals surface area contributed by atoms with E-state index in [1.807, 2.05) is 11.2 Å². The van der Waals surface area contributed by atoms with Crippen LogP contribution >= 0.6 is 11.8 Å². The molecule has 5 rings (SSSR count). The maximum Gasteiger partial charge on any atom is 0.299 e. The van der Waals surface area contributed by atoms with Crippen molar-refractivity contribution in [2.45, 2.75) is 44.1 Å². The van der Waals surface area contributed by atoms with Gasteiger partial charge in [-0.15, -0.1) is 11.8 Å². The third-order valence-electron chi connectivity index (χ3n) is 5.58. The summed E-state index contributed by atoms with van der Waals surface area (Å²) in [6.07, 6.45) is 10.9. The van der Waals surface area contributed by atoms with Crippen molar-refractivity contribution in [2.75, 3.05) is 6.26 Å². The molecule has 3 nitrogen and oxygen atoms in total. The van der Waals surface area contributed by atoms with Gasteiger partial charge in [0.05, 0.1) is 5.03 Å². The van der Waals surface area contributed by atoms with E-state index < -0.39 is 0 Å². The number of ketones is 1. The number of hydrogen-bond donors (Lipinski definition) is 0. The average Bonchev–Trinajstić information content (AvgIpc) is 2.64. The first-order chi connectivity index (χ1) is 9.11. The van der Waals surface area contributed by atoms with Gasteiger partial charge in [-0.3, -0.25) is 14.5 Å². The Kier molecular flexibility index (Phi) is 2.45. The van der Waals surface area contributed by atoms with Gasteiger partial charge in [0.1, 0.15) is 0 Å². The summed E-state index contributed by atoms with van der Waals surface area (Å²) in [7, 11) is 0. The van der Waals surface area contributed by atoms with Crippen LogP contribution in [0.25, 0.3) is 0 Å². The van der Waals surface area contributed by atoms with Gasteiger partial charge in [0.15, 0.2) is 0 Å². The van der Waals surface area contributed by atoms with Crippen LogP contribution in [0.2, 0.25) is 0 Å². The lowest BCUT2D eigenvalue weighted by Gasteiger charge is -2.59. The molecule has 102 valence electrons. The van der Waals surface area contributed by atoms with Crippen molar-refractivity contribution in [2.24, 2.45) is 17.8 Å². The van der Waals surface area contributed by atoms with Crippen molar-refractivity contribution in [1.29, 1.82) is 0 Å². The summed E-state index contributed by atoms with van der Waals surface area (Å²) in [4.78, 5) is 26.0. The van der Waals surface area contributed by atoms with Gasteiger partial charge in [0.25, 0.3) is 5.91 Å². The van der Waals surface area contributed by atoms with Crippen LogP contribution in [-0.2, 0) is 9.59 Å². The van der Waals surface area contributed by atoms with E-state index in [0.717, 1.165) is 42.0 Å². The van der Waals surface area contributed by atoms with Crippen molar-refractivity contribution in [3.05, 3.63) is 11.1 Å². The van der Waals surface area contributed by atoms with Crippen molar-refractivity contribution in [3.8, 4) is 0 Å². The maximum absolute atomic E-state index is 12.3. The molecule has 0 spiro atoms. The minimum absolute atomic E-state index is 0.0210. The van der Waals surface area contributed by atoms with E-state index >= 15 is 0 Å². The monoisotopic (exact) mass is 277 g/mol. The molecule has 0 unspecified atom stereocenters. The van der Waals surface area contributed by atoms with Gasteiger partial charge in [-0.2, -0.15) is 0 Å². The molecule has 4 heteroatoms. The molecule has 0 aromatic rings. The van der Waals surface area contributed by atoms with Crippen molar-refractivity contribution in [1.82, 2.24) is 4.90 Å². The fraction of sp³-hybridized carbons (Fsp3) is 0.733. The molecule has 0 aromatic carbocycles. The van der Waals surface area contributed by atoms with E-state index in [9.17, 15) is 9.59 Å². The van der Waals surface area contributed by atoms with Crippen LogP contribution in [-0.4, -0.2) is 28.4 Å². The second-order valence-corrected chi connectivity index (χ2v) is 7.66. The van der Waals surface area contributed by atoms with Gasteiger partial charge >= 0.3 is 0 Å². The van der Waals surface area contributed by atoms with E-state index in [2.05, 4.69) is 0 Å². The van der Waals surface area contributed by atoms with Gasteiger partial charge in [-0.05, 0) is 62.5 Å². The molecule has 0 radical (unpaired) electrons. The van der Waals surface area contributed by atoms with E-state index in [1.54, 1.807) is 17.8 Å². The Bertz CT molecular complexity index is 461. The predicted octanol–water partition coefficient (Wildman–Crippen LogP) is 2.57. The first-order valence-corrected chi connectivity index (χ1v) is 8.48. The zero-order valence-electron chi connectivity index (χ0n) is 11.2. The zero-order valence-corrected chi connectivity index (χ0v) is 12.0. The largest absolute Gasteiger partial charge is 0.299 e. The lowest BCUT2D eigenvalue weighted by Crippen LogP contribution is -2.60. The minimum Gasteiger partial charge on any atom is -0.293 e. The van der Waals surface area contributed by atoms with E-state index in [0.29, 0.717) is 0 Å². The van der Waals surface area contributed by atoms with Gasteiger partial charge in [-0.25, -0.2) is 0 Å². The lowest BCUT2D eigenvalue weighted by molar-refractivity contribution is -0.149. The fourth-order valence-electron chi connectivity index (χ4n) is 5.39. The summed E-state index contributed by atoms with van der Waals surface area (Å²) >= 11 is 1.54. The SMILES string of the molecule is CSC1=CC(=O)C(=O)N1C12CC3CC(CC(C3)C1)C2. The Labute approximate surface area is 117 Å². The molecule has 19 heavy (non-hydrogen) atoms. The summed E-state index contributed by atoms with van der Waals surface area (Å²) in [5.41, 5.74) is -0.0210. The smallest absolute Gasteiger partial charge is 0.293 e. The van der Waals surface area contributed by atoms with Crippen LogP contribution < -0.4 is 0 Å². The molecular weight excluding hydrogens is 258 g/mol. The van der Waals surface area contributed by atoms with Crippen LogP contribution in [0.5, 0.6) is 0 Å². The number of carbonyl (C=O) groups excluding carboxylic acids is 2. The van der Waals surface area contributed by atoms with E-state index in [1.165, 1.54) is 19.3 Å². The van der Waals surface area contributed by atoms with Crippen molar-refractivity contribution >= 4 is 23.5 Å². The van der Waals surface area contributed by atoms with Crippen LogP contribution in [0, 0.1) is 17.8 Å². The standard InChI is InChI=1S/C15H19NO2S/c1-19-13-5-12(17)14(18)16(13)15-6-9-2-10(7-15)4-11(3-9)8-15/h5,9-11H,2-4,6-8H2,1H3. The summed E-state index contributed by atoms with van der Waals surface area (Å²) in [5, 5.41) is 0.886. The van der Waals surface area contributed by atoms with Crippen LogP contribution in [0.15, 0.2) is 11.1 Å². The summed E-state index contributed by atoms with van der Waals surface area (Å²) in [6.45, 7) is 0. The first-order valence-electron chi connectivity index (χ1n) is 7.25. The molecule has 4 bridgehead atoms. The second kappa shape index (κ2) is 3.87. The Morgan fingerprint density at radius 2 is 1.63 bits per heavy atom. The number of carbonyl (C=O) groups is 2. The number of nitrogens with zero attached hydrogens (tertiary/aromatic N) is 1. The number of rotatable bonds is 2. The summed E-state index contributed by atoms with van der Waals surface area (Å²) in [6, 6.07) is 0. The number of thioether (sulfide) groups is 1. The first kappa shape index (κ1) is 12.0. The van der Waals surface area contributed by atoms with Crippen LogP contribution in [0.3, 0.4) is 0 Å². The third-order valence-corrected chi connectivity index (χ3v) is 6.30. The molecule has 1 amide bonds. The summed E-state index contributed by atoms with van der Waals surface area (Å²) < 4.78 is 0. The number of hydrogen-bond acceptors (Lipinski definition) is 3. The highest BCUT2D eigenvalue weighted by Gasteiger charge is 2.57. The molecule has 0 saturated heterocycles. The molecule has 1 heterocycles. The minimum atomic E-state index is -0.319. The average molecular weight is 277 g/mol. The molecule has 4 fully saturated rings. The molecular formula is C15H19NO2S. The molecule has 0 aromatic heterocycles. The molecule has 4 saturated carbocycles. The quantitative estimate of drug-likeness (QED) is 0.728. The predicted molar refractivity (Wildman–Crippen MR) is 74.4 cm³/mol. The maximum atomic E-state index is 12.3. The zero-order chi connectivity index (χ0) is 13.2. The van der Waals surface area contributed by atoms with Gasteiger partial charge in [0, 0.05) is 11.6 Å². The highest BCUT2D eigenvalue weighted by Crippen LogP contribution is 2.59. The molecule has 1 aliphatic heterocycles. The van der Waals surface area contributed by atoms with Crippen molar-refractivity contribution < 1.29 is 9.59 Å². The summed E-state index contributed by atoms with van der Waals surface area (Å²) in [5.74, 6) is 1.78. The number of amides is 1. The normalized spacial score (nSPS) is 44.2. The molecule has 4 aliphatic carbocycles. The van der Waals surface area contributed by atoms with Crippen LogP contribution in [0.1, 0.15) is 38.5 Å². The topological polar surface area (TPSA) is 37.4 Å². The third kappa shape index (κ3) is 1.58. The Morgan fingerprint density at radius 3 is 2.11 bits per heavy atom. The molecule has 0 N–H and O–H groups in total. The van der Waals surface area contributed by atoms with Gasteiger partial charge in [0.2, 0.25) is 5.78 Å². The van der Waals surface area contributed by atoms with Gasteiger partial charge in [-0.1, -0.05) is 0 Å². The Morgan fingerprint density at radius 1 is 1.11 bits per heavy atom. The fourth-order valence-corrected chi connectivity index (χ4v) is 6.07. The highest BCUT2D eigenvalue weighted by molar-refractivity contribution is 8.02. The molecule has 5 aliphatic rings. The Balaban J connectivity index is 1.73. The Hall–Kier alpha value is -0.770. The van der Waals surface area contributed by atoms with Crippen molar-refractivity contribution in [3.63, 3.8) is 0 Å². The lowest BCUT2D eigenvalue weighted by atomic mass is 9.52. The molecule has 0 atom stereocenters. The van der Waals surface area contributed by atoms with E-state index in [4.69, 9.17) is 0 Å².